The number of halogens is 3. The maximum atomic E-state index is 12.5. The van der Waals surface area contributed by atoms with E-state index < -0.39 is 11.9 Å². The summed E-state index contributed by atoms with van der Waals surface area (Å²) < 4.78 is 37.6. The predicted molar refractivity (Wildman–Crippen MR) is 79.2 cm³/mol. The lowest BCUT2D eigenvalue weighted by molar-refractivity contribution is -0.141. The summed E-state index contributed by atoms with van der Waals surface area (Å²) in [5.41, 5.74) is 1.49. The van der Waals surface area contributed by atoms with E-state index in [-0.39, 0.29) is 0 Å². The van der Waals surface area contributed by atoms with Gasteiger partial charge in [0.25, 0.3) is 0 Å². The fourth-order valence-electron chi connectivity index (χ4n) is 2.39. The van der Waals surface area contributed by atoms with E-state index in [2.05, 4.69) is 9.97 Å². The number of fused-ring (bicyclic) bond motifs is 1. The topological polar surface area (TPSA) is 42.9 Å². The van der Waals surface area contributed by atoms with Crippen LogP contribution in [0.3, 0.4) is 0 Å². The maximum absolute atomic E-state index is 12.5. The van der Waals surface area contributed by atoms with E-state index in [1.165, 1.54) is 12.3 Å². The molecule has 0 unspecified atom stereocenters. The zero-order valence-electron chi connectivity index (χ0n) is 11.8. The van der Waals surface area contributed by atoms with Crippen LogP contribution in [0, 0.1) is 0 Å². The van der Waals surface area contributed by atoms with Gasteiger partial charge in [-0.05, 0) is 35.7 Å². The highest BCUT2D eigenvalue weighted by Gasteiger charge is 2.31. The molecule has 0 saturated heterocycles. The van der Waals surface area contributed by atoms with Crippen LogP contribution >= 0.6 is 0 Å². The quantitative estimate of drug-likeness (QED) is 0.685. The molecule has 0 N–H and O–H groups in total. The summed E-state index contributed by atoms with van der Waals surface area (Å²) in [5.74, 6) is 0. The van der Waals surface area contributed by atoms with E-state index in [4.69, 9.17) is 0 Å². The second-order valence-electron chi connectivity index (χ2n) is 5.07. The summed E-state index contributed by atoms with van der Waals surface area (Å²) in [7, 11) is 0. The number of para-hydroxylation sites is 1. The van der Waals surface area contributed by atoms with E-state index in [0.717, 1.165) is 17.0 Å². The standard InChI is InChI=1S/C17H11F3N2O/c18-17(19,20)16-6-5-11(9-21-16)7-12-8-13(10-23)22-15-4-2-1-3-14(12)15/h1-6,8-10H,7H2. The molecule has 2 aromatic heterocycles. The average Bonchev–Trinajstić information content (AvgIpc) is 2.54. The van der Waals surface area contributed by atoms with Gasteiger partial charge in [0.05, 0.1) is 5.52 Å². The molecule has 23 heavy (non-hydrogen) atoms. The van der Waals surface area contributed by atoms with Gasteiger partial charge in [-0.1, -0.05) is 24.3 Å². The van der Waals surface area contributed by atoms with Crippen LogP contribution in [0.15, 0.2) is 48.7 Å². The summed E-state index contributed by atoms with van der Waals surface area (Å²) in [6.07, 6.45) is -2.22. The Morgan fingerprint density at radius 2 is 1.87 bits per heavy atom. The van der Waals surface area contributed by atoms with Crippen LogP contribution in [-0.2, 0) is 12.6 Å². The zero-order valence-corrected chi connectivity index (χ0v) is 11.8. The van der Waals surface area contributed by atoms with Crippen molar-refractivity contribution in [2.24, 2.45) is 0 Å². The SMILES string of the molecule is O=Cc1cc(Cc2ccc(C(F)(F)F)nc2)c2ccccc2n1. The number of alkyl halides is 3. The molecule has 0 aliphatic carbocycles. The van der Waals surface area contributed by atoms with Crippen molar-refractivity contribution < 1.29 is 18.0 Å². The molecule has 0 amide bonds. The van der Waals surface area contributed by atoms with Crippen LogP contribution in [-0.4, -0.2) is 16.3 Å². The van der Waals surface area contributed by atoms with Crippen molar-refractivity contribution in [3.8, 4) is 0 Å². The number of rotatable bonds is 3. The van der Waals surface area contributed by atoms with Gasteiger partial charge in [0.1, 0.15) is 11.4 Å². The first-order valence-electron chi connectivity index (χ1n) is 6.83. The van der Waals surface area contributed by atoms with E-state index in [9.17, 15) is 18.0 Å². The monoisotopic (exact) mass is 316 g/mol. The number of carbonyl (C=O) groups excluding carboxylic acids is 1. The van der Waals surface area contributed by atoms with Gasteiger partial charge in [0.15, 0.2) is 6.29 Å². The summed E-state index contributed by atoms with van der Waals surface area (Å²) >= 11 is 0. The number of hydrogen-bond donors (Lipinski definition) is 0. The lowest BCUT2D eigenvalue weighted by Crippen LogP contribution is -2.07. The normalized spacial score (nSPS) is 11.6. The summed E-state index contributed by atoms with van der Waals surface area (Å²) in [4.78, 5) is 18.7. The van der Waals surface area contributed by atoms with Gasteiger partial charge in [-0.2, -0.15) is 13.2 Å². The number of aromatic nitrogens is 2. The molecule has 0 radical (unpaired) electrons. The van der Waals surface area contributed by atoms with E-state index >= 15 is 0 Å². The van der Waals surface area contributed by atoms with Gasteiger partial charge < -0.3 is 0 Å². The van der Waals surface area contributed by atoms with Crippen LogP contribution in [0.5, 0.6) is 0 Å². The Morgan fingerprint density at radius 1 is 1.09 bits per heavy atom. The van der Waals surface area contributed by atoms with Crippen LogP contribution in [0.25, 0.3) is 10.9 Å². The van der Waals surface area contributed by atoms with Gasteiger partial charge in [0.2, 0.25) is 0 Å². The van der Waals surface area contributed by atoms with Gasteiger partial charge in [-0.3, -0.25) is 9.78 Å². The van der Waals surface area contributed by atoms with Crippen molar-refractivity contribution in [1.29, 1.82) is 0 Å². The molecule has 0 spiro atoms. The number of aldehydes is 1. The highest BCUT2D eigenvalue weighted by atomic mass is 19.4. The number of carbonyl (C=O) groups is 1. The third-order valence-corrected chi connectivity index (χ3v) is 3.45. The van der Waals surface area contributed by atoms with Crippen molar-refractivity contribution in [3.63, 3.8) is 0 Å². The molecule has 1 aromatic carbocycles. The average molecular weight is 316 g/mol. The van der Waals surface area contributed by atoms with Gasteiger partial charge in [-0.25, -0.2) is 4.98 Å². The second-order valence-corrected chi connectivity index (χ2v) is 5.07. The first-order chi connectivity index (χ1) is 11.0. The smallest absolute Gasteiger partial charge is 0.296 e. The molecule has 0 bridgehead atoms. The zero-order chi connectivity index (χ0) is 16.4. The number of nitrogens with zero attached hydrogens (tertiary/aromatic N) is 2. The number of hydrogen-bond acceptors (Lipinski definition) is 3. The summed E-state index contributed by atoms with van der Waals surface area (Å²) in [6.45, 7) is 0. The first-order valence-corrected chi connectivity index (χ1v) is 6.83. The van der Waals surface area contributed by atoms with Crippen LogP contribution in [0.2, 0.25) is 0 Å². The predicted octanol–water partition coefficient (Wildman–Crippen LogP) is 4.05. The molecule has 0 fully saturated rings. The van der Waals surface area contributed by atoms with Crippen LogP contribution < -0.4 is 0 Å². The molecule has 3 rings (SSSR count). The lowest BCUT2D eigenvalue weighted by Gasteiger charge is -2.09. The molecule has 3 aromatic rings. The molecule has 2 heterocycles. The Labute approximate surface area is 129 Å². The molecule has 0 aliphatic rings. The fourth-order valence-corrected chi connectivity index (χ4v) is 2.39. The minimum atomic E-state index is -4.45. The number of pyridine rings is 2. The van der Waals surface area contributed by atoms with Crippen molar-refractivity contribution in [3.05, 3.63) is 71.2 Å². The molecule has 0 aliphatic heterocycles. The Balaban J connectivity index is 1.99. The van der Waals surface area contributed by atoms with Gasteiger partial charge in [0, 0.05) is 11.6 Å². The Bertz CT molecular complexity index is 858. The van der Waals surface area contributed by atoms with Gasteiger partial charge >= 0.3 is 6.18 Å². The Morgan fingerprint density at radius 3 is 2.52 bits per heavy atom. The van der Waals surface area contributed by atoms with E-state index in [1.54, 1.807) is 12.1 Å². The van der Waals surface area contributed by atoms with E-state index in [1.807, 2.05) is 18.2 Å². The minimum Gasteiger partial charge on any atom is -0.296 e. The van der Waals surface area contributed by atoms with Crippen LogP contribution in [0.1, 0.15) is 27.3 Å². The first kappa shape index (κ1) is 15.1. The third kappa shape index (κ3) is 3.21. The largest absolute Gasteiger partial charge is 0.433 e. The number of benzene rings is 1. The molecule has 0 atom stereocenters. The molecule has 3 nitrogen and oxygen atoms in total. The molecule has 0 saturated carbocycles. The fraction of sp³-hybridized carbons (Fsp3) is 0.118. The van der Waals surface area contributed by atoms with Gasteiger partial charge in [-0.15, -0.1) is 0 Å². The second kappa shape index (κ2) is 5.79. The highest BCUT2D eigenvalue weighted by molar-refractivity contribution is 5.86. The Kier molecular flexibility index (Phi) is 3.82. The highest BCUT2D eigenvalue weighted by Crippen LogP contribution is 2.28. The molecule has 6 heteroatoms. The summed E-state index contributed by atoms with van der Waals surface area (Å²) in [5, 5.41) is 0.859. The van der Waals surface area contributed by atoms with Crippen molar-refractivity contribution >= 4 is 17.2 Å². The molecular formula is C17H11F3N2O. The molecule has 116 valence electrons. The van der Waals surface area contributed by atoms with Crippen LogP contribution in [0.4, 0.5) is 13.2 Å². The van der Waals surface area contributed by atoms with Crippen molar-refractivity contribution in [2.75, 3.05) is 0 Å². The van der Waals surface area contributed by atoms with Crippen molar-refractivity contribution in [1.82, 2.24) is 9.97 Å². The van der Waals surface area contributed by atoms with Crippen molar-refractivity contribution in [2.45, 2.75) is 12.6 Å². The lowest BCUT2D eigenvalue weighted by atomic mass is 10.0. The maximum Gasteiger partial charge on any atom is 0.433 e. The third-order valence-electron chi connectivity index (χ3n) is 3.45. The Hall–Kier alpha value is -2.76. The minimum absolute atomic E-state index is 0.290. The molecular weight excluding hydrogens is 305 g/mol. The summed E-state index contributed by atoms with van der Waals surface area (Å²) in [6, 6.07) is 11.3. The van der Waals surface area contributed by atoms with E-state index in [0.29, 0.717) is 29.5 Å².